The lowest BCUT2D eigenvalue weighted by Gasteiger charge is -2.24. The lowest BCUT2D eigenvalue weighted by Crippen LogP contribution is -2.40. The van der Waals surface area contributed by atoms with Crippen molar-refractivity contribution in [2.75, 3.05) is 13.7 Å². The number of ether oxygens (including phenoxy) is 2. The van der Waals surface area contributed by atoms with E-state index in [0.717, 1.165) is 12.7 Å². The Morgan fingerprint density at radius 1 is 1.12 bits per heavy atom. The highest BCUT2D eigenvalue weighted by molar-refractivity contribution is 7.90. The molecule has 2 aromatic rings. The Labute approximate surface area is 151 Å². The van der Waals surface area contributed by atoms with Crippen molar-refractivity contribution in [2.24, 2.45) is 5.92 Å². The van der Waals surface area contributed by atoms with E-state index < -0.39 is 27.8 Å². The summed E-state index contributed by atoms with van der Waals surface area (Å²) >= 11 is 0. The minimum Gasteiger partial charge on any atom is -0.492 e. The fraction of sp³-hybridized carbons (Fsp3) is 0.222. The van der Waals surface area contributed by atoms with Crippen molar-refractivity contribution >= 4 is 21.9 Å². The number of carbonyl (C=O) groups is 2. The number of methoxy groups -OCH3 is 1. The summed E-state index contributed by atoms with van der Waals surface area (Å²) in [5, 5.41) is 0. The van der Waals surface area contributed by atoms with E-state index in [2.05, 4.69) is 4.74 Å². The Morgan fingerprint density at radius 2 is 1.81 bits per heavy atom. The number of nitrogens with one attached hydrogen (secondary N) is 1. The predicted molar refractivity (Wildman–Crippen MR) is 92.2 cm³/mol. The second-order valence-electron chi connectivity index (χ2n) is 5.78. The highest BCUT2D eigenvalue weighted by Crippen LogP contribution is 2.27. The van der Waals surface area contributed by atoms with Crippen molar-refractivity contribution in [2.45, 2.75) is 11.3 Å². The second-order valence-corrected chi connectivity index (χ2v) is 7.43. The first-order valence-electron chi connectivity index (χ1n) is 7.87. The number of para-hydroxylation sites is 1. The van der Waals surface area contributed by atoms with E-state index in [0.29, 0.717) is 12.2 Å². The maximum Gasteiger partial charge on any atom is 0.339 e. The molecule has 8 heteroatoms. The number of hydrogen-bond donors (Lipinski definition) is 1. The van der Waals surface area contributed by atoms with Crippen LogP contribution in [0.2, 0.25) is 0 Å². The number of amides is 1. The molecule has 7 nitrogen and oxygen atoms in total. The Bertz CT molecular complexity index is 954. The van der Waals surface area contributed by atoms with Crippen LogP contribution in [0, 0.1) is 5.92 Å². The van der Waals surface area contributed by atoms with Crippen LogP contribution in [-0.4, -0.2) is 34.0 Å². The van der Waals surface area contributed by atoms with Crippen molar-refractivity contribution in [3.05, 3.63) is 59.7 Å². The van der Waals surface area contributed by atoms with E-state index in [-0.39, 0.29) is 17.1 Å². The largest absolute Gasteiger partial charge is 0.492 e. The molecular weight excluding hydrogens is 358 g/mol. The van der Waals surface area contributed by atoms with Gasteiger partial charge in [0.15, 0.2) is 0 Å². The molecule has 3 rings (SSSR count). The number of carbonyl (C=O) groups excluding carboxylic acids is 2. The first-order valence-corrected chi connectivity index (χ1v) is 9.35. The summed E-state index contributed by atoms with van der Waals surface area (Å²) in [6.07, 6.45) is 0.371. The zero-order chi connectivity index (χ0) is 18.7. The van der Waals surface area contributed by atoms with E-state index >= 15 is 0 Å². The van der Waals surface area contributed by atoms with Gasteiger partial charge in [0, 0.05) is 0 Å². The number of sulfonamides is 1. The normalized spacial score (nSPS) is 16.1. The van der Waals surface area contributed by atoms with E-state index in [1.54, 1.807) is 6.07 Å². The molecule has 1 aliphatic heterocycles. The van der Waals surface area contributed by atoms with Gasteiger partial charge >= 0.3 is 5.97 Å². The number of rotatable bonds is 4. The van der Waals surface area contributed by atoms with Gasteiger partial charge in [0.25, 0.3) is 10.0 Å². The smallest absolute Gasteiger partial charge is 0.339 e. The van der Waals surface area contributed by atoms with Crippen LogP contribution < -0.4 is 9.46 Å². The van der Waals surface area contributed by atoms with Crippen LogP contribution in [0.3, 0.4) is 0 Å². The standard InChI is InChI=1S/C18H17NO6S/c1-24-18(21)14-7-3-5-9-16(14)26(22,23)19-17(20)13-10-12-6-2-4-8-15(12)25-11-13/h2-9,13H,10-11H2,1H3,(H,19,20). The summed E-state index contributed by atoms with van der Waals surface area (Å²) in [5.41, 5.74) is 0.701. The third-order valence-electron chi connectivity index (χ3n) is 4.07. The van der Waals surface area contributed by atoms with Gasteiger partial charge in [-0.05, 0) is 30.2 Å². The van der Waals surface area contributed by atoms with E-state index in [1.807, 2.05) is 22.9 Å². The van der Waals surface area contributed by atoms with E-state index in [1.165, 1.54) is 24.3 Å². The SMILES string of the molecule is COC(=O)c1ccccc1S(=O)(=O)NC(=O)C1COc2ccccc2C1. The molecule has 1 atom stereocenters. The van der Waals surface area contributed by atoms with Crippen LogP contribution in [0.15, 0.2) is 53.4 Å². The Kier molecular flexibility index (Phi) is 4.94. The molecule has 1 aliphatic rings. The quantitative estimate of drug-likeness (QED) is 0.814. The molecule has 1 heterocycles. The molecule has 0 spiro atoms. The minimum absolute atomic E-state index is 0.0804. The first-order chi connectivity index (χ1) is 12.4. The van der Waals surface area contributed by atoms with Crippen LogP contribution >= 0.6 is 0 Å². The lowest BCUT2D eigenvalue weighted by atomic mass is 9.96. The zero-order valence-corrected chi connectivity index (χ0v) is 14.8. The summed E-state index contributed by atoms with van der Waals surface area (Å²) < 4.78 is 37.3. The third kappa shape index (κ3) is 3.55. The van der Waals surface area contributed by atoms with Gasteiger partial charge < -0.3 is 9.47 Å². The van der Waals surface area contributed by atoms with Crippen molar-refractivity contribution in [3.63, 3.8) is 0 Å². The summed E-state index contributed by atoms with van der Waals surface area (Å²) in [4.78, 5) is 23.9. The maximum absolute atomic E-state index is 12.6. The Balaban J connectivity index is 1.81. The van der Waals surface area contributed by atoms with Crippen LogP contribution in [0.5, 0.6) is 5.75 Å². The average molecular weight is 375 g/mol. The van der Waals surface area contributed by atoms with Gasteiger partial charge in [-0.25, -0.2) is 17.9 Å². The molecule has 0 saturated heterocycles. The van der Waals surface area contributed by atoms with Crippen LogP contribution in [0.1, 0.15) is 15.9 Å². The minimum atomic E-state index is -4.23. The summed E-state index contributed by atoms with van der Waals surface area (Å²) in [6.45, 7) is 0.0804. The molecule has 2 aromatic carbocycles. The molecule has 0 saturated carbocycles. The zero-order valence-electron chi connectivity index (χ0n) is 14.0. The number of benzene rings is 2. The summed E-state index contributed by atoms with van der Waals surface area (Å²) in [7, 11) is -3.07. The molecule has 0 radical (unpaired) electrons. The topological polar surface area (TPSA) is 98.8 Å². The molecule has 1 N–H and O–H groups in total. The highest BCUT2D eigenvalue weighted by atomic mass is 32.2. The highest BCUT2D eigenvalue weighted by Gasteiger charge is 2.31. The molecule has 1 amide bonds. The first kappa shape index (κ1) is 17.9. The van der Waals surface area contributed by atoms with Crippen LogP contribution in [-0.2, 0) is 26.0 Å². The van der Waals surface area contributed by atoms with Gasteiger partial charge in [-0.1, -0.05) is 30.3 Å². The monoisotopic (exact) mass is 375 g/mol. The van der Waals surface area contributed by atoms with Crippen LogP contribution in [0.4, 0.5) is 0 Å². The fourth-order valence-corrected chi connectivity index (χ4v) is 3.99. The van der Waals surface area contributed by atoms with E-state index in [4.69, 9.17) is 4.74 Å². The average Bonchev–Trinajstić information content (AvgIpc) is 2.66. The lowest BCUT2D eigenvalue weighted by molar-refractivity contribution is -0.124. The molecule has 0 aliphatic carbocycles. The summed E-state index contributed by atoms with van der Waals surface area (Å²) in [5.74, 6) is -1.44. The number of esters is 1. The Hall–Kier alpha value is -2.87. The van der Waals surface area contributed by atoms with Gasteiger partial charge in [-0.3, -0.25) is 4.79 Å². The number of hydrogen-bond acceptors (Lipinski definition) is 6. The molecule has 0 aromatic heterocycles. The van der Waals surface area contributed by atoms with Crippen molar-refractivity contribution in [1.29, 1.82) is 0 Å². The second kappa shape index (κ2) is 7.17. The molecule has 26 heavy (non-hydrogen) atoms. The van der Waals surface area contributed by atoms with Crippen molar-refractivity contribution < 1.29 is 27.5 Å². The number of fused-ring (bicyclic) bond motifs is 1. The van der Waals surface area contributed by atoms with Gasteiger partial charge in [-0.2, -0.15) is 0 Å². The van der Waals surface area contributed by atoms with Crippen molar-refractivity contribution in [1.82, 2.24) is 4.72 Å². The molecule has 0 bridgehead atoms. The molecule has 1 unspecified atom stereocenters. The Morgan fingerprint density at radius 3 is 2.58 bits per heavy atom. The van der Waals surface area contributed by atoms with Gasteiger partial charge in [0.05, 0.1) is 18.6 Å². The van der Waals surface area contributed by atoms with Gasteiger partial charge in [0.2, 0.25) is 5.91 Å². The van der Waals surface area contributed by atoms with Crippen molar-refractivity contribution in [3.8, 4) is 5.75 Å². The van der Waals surface area contributed by atoms with Gasteiger partial charge in [-0.15, -0.1) is 0 Å². The fourth-order valence-electron chi connectivity index (χ4n) is 2.75. The summed E-state index contributed by atoms with van der Waals surface area (Å²) in [6, 6.07) is 12.8. The molecule has 136 valence electrons. The van der Waals surface area contributed by atoms with Gasteiger partial charge in [0.1, 0.15) is 17.3 Å². The predicted octanol–water partition coefficient (Wildman–Crippen LogP) is 1.53. The molecular formula is C18H17NO6S. The van der Waals surface area contributed by atoms with Crippen LogP contribution in [0.25, 0.3) is 0 Å². The van der Waals surface area contributed by atoms with E-state index in [9.17, 15) is 18.0 Å². The molecule has 0 fully saturated rings. The third-order valence-corrected chi connectivity index (χ3v) is 5.47. The maximum atomic E-state index is 12.6.